The number of hydrogen-bond donors (Lipinski definition) is 2. The number of hydrogen-bond acceptors (Lipinski definition) is 3. The lowest BCUT2D eigenvalue weighted by atomic mass is 9.81. The van der Waals surface area contributed by atoms with Crippen molar-refractivity contribution in [3.05, 3.63) is 28.2 Å². The molecule has 0 saturated carbocycles. The van der Waals surface area contributed by atoms with Gasteiger partial charge in [-0.05, 0) is 25.3 Å². The molecule has 1 aromatic rings. The van der Waals surface area contributed by atoms with Gasteiger partial charge in [0.05, 0.1) is 11.1 Å². The minimum atomic E-state index is -0.541. The molecule has 0 saturated heterocycles. The van der Waals surface area contributed by atoms with Gasteiger partial charge in [0, 0.05) is 25.9 Å². The number of carbonyl (C=O) groups excluding carboxylic acids is 1. The van der Waals surface area contributed by atoms with E-state index in [0.29, 0.717) is 25.1 Å². The first-order chi connectivity index (χ1) is 8.90. The number of anilines is 1. The Balaban J connectivity index is 3.06. The third-order valence-electron chi connectivity index (χ3n) is 3.91. The zero-order valence-corrected chi connectivity index (χ0v) is 12.1. The van der Waals surface area contributed by atoms with Crippen LogP contribution in [0.3, 0.4) is 0 Å². The van der Waals surface area contributed by atoms with Crippen LogP contribution < -0.4 is 16.6 Å². The molecule has 0 unspecified atom stereocenters. The number of pyridine rings is 1. The number of aryl methyl sites for hydroxylation is 2. The molecular formula is C14H23N3O2. The Morgan fingerprint density at radius 2 is 2.00 bits per heavy atom. The topological polar surface area (TPSA) is 77.1 Å². The fraction of sp³-hybridized carbons (Fsp3) is 0.571. The van der Waals surface area contributed by atoms with Gasteiger partial charge in [0.2, 0.25) is 5.91 Å². The van der Waals surface area contributed by atoms with Gasteiger partial charge < -0.3 is 15.6 Å². The van der Waals surface area contributed by atoms with Crippen molar-refractivity contribution in [3.8, 4) is 0 Å². The lowest BCUT2D eigenvalue weighted by molar-refractivity contribution is -0.125. The van der Waals surface area contributed by atoms with Crippen molar-refractivity contribution in [2.24, 2.45) is 18.2 Å². The summed E-state index contributed by atoms with van der Waals surface area (Å²) in [6, 6.07) is 1.51. The number of amides is 1. The second-order valence-corrected chi connectivity index (χ2v) is 4.96. The Morgan fingerprint density at radius 3 is 2.47 bits per heavy atom. The number of aromatic nitrogens is 1. The molecule has 5 heteroatoms. The molecule has 19 heavy (non-hydrogen) atoms. The first kappa shape index (κ1) is 15.4. The van der Waals surface area contributed by atoms with Crippen LogP contribution in [-0.2, 0) is 11.8 Å². The second kappa shape index (κ2) is 6.02. The molecule has 1 rings (SSSR count). The van der Waals surface area contributed by atoms with Crippen molar-refractivity contribution in [3.63, 3.8) is 0 Å². The predicted octanol–water partition coefficient (Wildman–Crippen LogP) is 1.40. The first-order valence-corrected chi connectivity index (χ1v) is 6.59. The Bertz CT molecular complexity index is 508. The summed E-state index contributed by atoms with van der Waals surface area (Å²) in [5, 5.41) is 2.89. The van der Waals surface area contributed by atoms with E-state index in [1.54, 1.807) is 20.2 Å². The van der Waals surface area contributed by atoms with Crippen LogP contribution in [0.5, 0.6) is 0 Å². The van der Waals surface area contributed by atoms with E-state index in [1.165, 1.54) is 10.6 Å². The van der Waals surface area contributed by atoms with Crippen molar-refractivity contribution >= 4 is 11.6 Å². The van der Waals surface area contributed by atoms with E-state index in [2.05, 4.69) is 5.32 Å². The lowest BCUT2D eigenvalue weighted by Gasteiger charge is -2.28. The van der Waals surface area contributed by atoms with E-state index < -0.39 is 5.41 Å². The Labute approximate surface area is 113 Å². The highest BCUT2D eigenvalue weighted by molar-refractivity contribution is 5.95. The normalized spacial score (nSPS) is 11.4. The molecule has 0 aliphatic heterocycles. The molecular weight excluding hydrogens is 242 g/mol. The quantitative estimate of drug-likeness (QED) is 0.844. The Morgan fingerprint density at radius 1 is 1.42 bits per heavy atom. The maximum Gasteiger partial charge on any atom is 0.250 e. The van der Waals surface area contributed by atoms with E-state index in [0.717, 1.165) is 5.56 Å². The van der Waals surface area contributed by atoms with Crippen molar-refractivity contribution in [2.45, 2.75) is 33.6 Å². The zero-order chi connectivity index (χ0) is 14.6. The third kappa shape index (κ3) is 3.04. The van der Waals surface area contributed by atoms with Gasteiger partial charge >= 0.3 is 0 Å². The van der Waals surface area contributed by atoms with E-state index in [4.69, 9.17) is 5.73 Å². The first-order valence-electron chi connectivity index (χ1n) is 6.59. The molecule has 0 aliphatic rings. The summed E-state index contributed by atoms with van der Waals surface area (Å²) in [5.74, 6) is -0.0817. The van der Waals surface area contributed by atoms with Crippen molar-refractivity contribution in [1.82, 2.24) is 4.57 Å². The van der Waals surface area contributed by atoms with Gasteiger partial charge in [-0.2, -0.15) is 0 Å². The molecule has 0 radical (unpaired) electrons. The summed E-state index contributed by atoms with van der Waals surface area (Å²) in [7, 11) is 1.66. The third-order valence-corrected chi connectivity index (χ3v) is 3.91. The molecule has 5 nitrogen and oxygen atoms in total. The monoisotopic (exact) mass is 265 g/mol. The minimum Gasteiger partial charge on any atom is -0.329 e. The van der Waals surface area contributed by atoms with Crippen LogP contribution in [-0.4, -0.2) is 17.0 Å². The lowest BCUT2D eigenvalue weighted by Crippen LogP contribution is -2.41. The molecule has 0 spiro atoms. The minimum absolute atomic E-state index is 0.0817. The van der Waals surface area contributed by atoms with Gasteiger partial charge in [-0.25, -0.2) is 0 Å². The molecule has 106 valence electrons. The van der Waals surface area contributed by atoms with E-state index in [1.807, 2.05) is 13.8 Å². The molecule has 1 aromatic heterocycles. The standard InChI is InChI=1S/C14H23N3O2/c1-5-14(6-2,9-15)13(19)16-11-8-17(4)12(18)7-10(11)3/h7-8H,5-6,9,15H2,1-4H3,(H,16,19). The Hall–Kier alpha value is -1.62. The maximum absolute atomic E-state index is 12.4. The molecule has 0 atom stereocenters. The van der Waals surface area contributed by atoms with Crippen LogP contribution in [0.4, 0.5) is 5.69 Å². The molecule has 1 amide bonds. The van der Waals surface area contributed by atoms with Crippen LogP contribution >= 0.6 is 0 Å². The average molecular weight is 265 g/mol. The van der Waals surface area contributed by atoms with E-state index >= 15 is 0 Å². The molecule has 0 bridgehead atoms. The summed E-state index contributed by atoms with van der Waals surface area (Å²) < 4.78 is 1.45. The SMILES string of the molecule is CCC(CC)(CN)C(=O)Nc1cn(C)c(=O)cc1C. The highest BCUT2D eigenvalue weighted by atomic mass is 16.2. The highest BCUT2D eigenvalue weighted by Crippen LogP contribution is 2.27. The van der Waals surface area contributed by atoms with E-state index in [9.17, 15) is 9.59 Å². The average Bonchev–Trinajstić information content (AvgIpc) is 2.38. The number of nitrogens with zero attached hydrogens (tertiary/aromatic N) is 1. The fourth-order valence-corrected chi connectivity index (χ4v) is 2.06. The summed E-state index contributed by atoms with van der Waals surface area (Å²) in [6.45, 7) is 6.04. The largest absolute Gasteiger partial charge is 0.329 e. The molecule has 0 aliphatic carbocycles. The second-order valence-electron chi connectivity index (χ2n) is 4.96. The van der Waals surface area contributed by atoms with Gasteiger partial charge in [0.25, 0.3) is 5.56 Å². The summed E-state index contributed by atoms with van der Waals surface area (Å²) in [5.41, 5.74) is 6.55. The summed E-state index contributed by atoms with van der Waals surface area (Å²) in [4.78, 5) is 23.9. The summed E-state index contributed by atoms with van der Waals surface area (Å²) in [6.07, 6.45) is 3.02. The molecule has 3 N–H and O–H groups in total. The van der Waals surface area contributed by atoms with Gasteiger partial charge in [0.1, 0.15) is 0 Å². The van der Waals surface area contributed by atoms with Gasteiger partial charge in [-0.1, -0.05) is 13.8 Å². The number of rotatable bonds is 5. The number of nitrogens with one attached hydrogen (secondary N) is 1. The number of nitrogens with two attached hydrogens (primary N) is 1. The Kier molecular flexibility index (Phi) is 4.89. The van der Waals surface area contributed by atoms with Crippen LogP contribution in [0.2, 0.25) is 0 Å². The van der Waals surface area contributed by atoms with Gasteiger partial charge in [-0.3, -0.25) is 9.59 Å². The fourth-order valence-electron chi connectivity index (χ4n) is 2.06. The van der Waals surface area contributed by atoms with Crippen molar-refractivity contribution in [2.75, 3.05) is 11.9 Å². The van der Waals surface area contributed by atoms with Crippen LogP contribution in [0.25, 0.3) is 0 Å². The number of carbonyl (C=O) groups is 1. The van der Waals surface area contributed by atoms with Gasteiger partial charge in [0.15, 0.2) is 0 Å². The van der Waals surface area contributed by atoms with E-state index in [-0.39, 0.29) is 11.5 Å². The molecule has 1 heterocycles. The zero-order valence-electron chi connectivity index (χ0n) is 12.1. The van der Waals surface area contributed by atoms with Crippen molar-refractivity contribution < 1.29 is 4.79 Å². The van der Waals surface area contributed by atoms with Gasteiger partial charge in [-0.15, -0.1) is 0 Å². The summed E-state index contributed by atoms with van der Waals surface area (Å²) >= 11 is 0. The predicted molar refractivity (Wildman–Crippen MR) is 77.1 cm³/mol. The highest BCUT2D eigenvalue weighted by Gasteiger charge is 2.33. The van der Waals surface area contributed by atoms with Crippen LogP contribution in [0, 0.1) is 12.3 Å². The molecule has 0 fully saturated rings. The van der Waals surface area contributed by atoms with Crippen LogP contribution in [0.1, 0.15) is 32.3 Å². The van der Waals surface area contributed by atoms with Crippen molar-refractivity contribution in [1.29, 1.82) is 0 Å². The molecule has 0 aromatic carbocycles. The maximum atomic E-state index is 12.4. The smallest absolute Gasteiger partial charge is 0.250 e. The van der Waals surface area contributed by atoms with Crippen LogP contribution in [0.15, 0.2) is 17.1 Å².